The first-order valence-electron chi connectivity index (χ1n) is 4.16. The van der Waals surface area contributed by atoms with Gasteiger partial charge in [0.2, 0.25) is 0 Å². The molecule has 0 aromatic heterocycles. The number of rotatable bonds is 1. The van der Waals surface area contributed by atoms with E-state index in [0.29, 0.717) is 12.6 Å². The summed E-state index contributed by atoms with van der Waals surface area (Å²) >= 11 is 0. The van der Waals surface area contributed by atoms with E-state index < -0.39 is 0 Å². The lowest BCUT2D eigenvalue weighted by Gasteiger charge is -2.26. The second kappa shape index (κ2) is 2.80. The lowest BCUT2D eigenvalue weighted by molar-refractivity contribution is -0.0204. The highest BCUT2D eigenvalue weighted by Crippen LogP contribution is 2.35. The summed E-state index contributed by atoms with van der Waals surface area (Å²) in [7, 11) is 0. The van der Waals surface area contributed by atoms with E-state index in [2.05, 4.69) is 11.4 Å². The van der Waals surface area contributed by atoms with E-state index in [1.165, 1.54) is 12.8 Å². The minimum Gasteiger partial charge on any atom is -0.357 e. The highest BCUT2D eigenvalue weighted by atomic mass is 16.5. The Labute approximate surface area is 66.3 Å². The summed E-state index contributed by atoms with van der Waals surface area (Å²) in [6, 6.07) is 2.13. The quantitative estimate of drug-likeness (QED) is 0.587. The van der Waals surface area contributed by atoms with Crippen LogP contribution in [0.1, 0.15) is 12.8 Å². The Bertz CT molecular complexity index is 183. The fourth-order valence-corrected chi connectivity index (χ4v) is 1.49. The Kier molecular flexibility index (Phi) is 1.80. The molecule has 1 N–H and O–H groups in total. The molecule has 0 aromatic rings. The molecular formula is C8H12N2O. The number of nitrogens with one attached hydrogen (secondary N) is 1. The molecule has 0 bridgehead atoms. The Morgan fingerprint density at radius 1 is 1.36 bits per heavy atom. The molecule has 0 amide bonds. The maximum absolute atomic E-state index is 8.60. The van der Waals surface area contributed by atoms with Crippen LogP contribution in [0.2, 0.25) is 0 Å². The van der Waals surface area contributed by atoms with Crippen LogP contribution in [0.5, 0.6) is 0 Å². The fraction of sp³-hybridized carbons (Fsp3) is 0.875. The molecule has 1 saturated heterocycles. The van der Waals surface area contributed by atoms with Crippen molar-refractivity contribution in [2.24, 2.45) is 5.92 Å². The molecule has 0 aromatic carbocycles. The summed E-state index contributed by atoms with van der Waals surface area (Å²) < 4.78 is 5.54. The van der Waals surface area contributed by atoms with Crippen LogP contribution in [0.4, 0.5) is 0 Å². The summed E-state index contributed by atoms with van der Waals surface area (Å²) in [5, 5.41) is 11.8. The first kappa shape index (κ1) is 7.08. The van der Waals surface area contributed by atoms with Crippen molar-refractivity contribution in [2.45, 2.75) is 25.0 Å². The third-order valence-corrected chi connectivity index (χ3v) is 2.31. The zero-order valence-electron chi connectivity index (χ0n) is 6.42. The largest absolute Gasteiger partial charge is 0.357 e. The highest BCUT2D eigenvalue weighted by molar-refractivity contribution is 4.94. The van der Waals surface area contributed by atoms with E-state index in [0.717, 1.165) is 12.5 Å². The predicted molar refractivity (Wildman–Crippen MR) is 39.9 cm³/mol. The van der Waals surface area contributed by atoms with Crippen LogP contribution in [0.3, 0.4) is 0 Å². The number of ether oxygens (including phenoxy) is 1. The van der Waals surface area contributed by atoms with E-state index in [4.69, 9.17) is 10.00 Å². The molecule has 1 aliphatic heterocycles. The predicted octanol–water partition coefficient (Wildman–Crippen LogP) is 0.277. The van der Waals surface area contributed by atoms with Gasteiger partial charge in [-0.3, -0.25) is 0 Å². The third kappa shape index (κ3) is 1.52. The first-order valence-corrected chi connectivity index (χ1v) is 4.16. The second-order valence-corrected chi connectivity index (χ2v) is 3.29. The van der Waals surface area contributed by atoms with Gasteiger partial charge in [0.15, 0.2) is 6.10 Å². The molecule has 1 heterocycles. The van der Waals surface area contributed by atoms with Crippen molar-refractivity contribution in [1.82, 2.24) is 5.32 Å². The highest BCUT2D eigenvalue weighted by Gasteiger charge is 2.35. The number of nitrogens with zero attached hydrogens (tertiary/aromatic N) is 1. The first-order chi connectivity index (χ1) is 5.40. The Morgan fingerprint density at radius 2 is 2.18 bits per heavy atom. The molecule has 3 heteroatoms. The van der Waals surface area contributed by atoms with E-state index in [9.17, 15) is 0 Å². The van der Waals surface area contributed by atoms with Crippen LogP contribution >= 0.6 is 0 Å². The van der Waals surface area contributed by atoms with E-state index in [1.807, 2.05) is 0 Å². The van der Waals surface area contributed by atoms with Crippen molar-refractivity contribution in [2.75, 3.05) is 13.1 Å². The van der Waals surface area contributed by atoms with Gasteiger partial charge in [-0.2, -0.15) is 5.26 Å². The van der Waals surface area contributed by atoms with Gasteiger partial charge >= 0.3 is 0 Å². The van der Waals surface area contributed by atoms with Crippen LogP contribution in [-0.2, 0) is 4.74 Å². The molecule has 2 unspecified atom stereocenters. The molecular weight excluding hydrogens is 140 g/mol. The van der Waals surface area contributed by atoms with Crippen molar-refractivity contribution >= 4 is 0 Å². The summed E-state index contributed by atoms with van der Waals surface area (Å²) in [4.78, 5) is 0. The third-order valence-electron chi connectivity index (χ3n) is 2.31. The topological polar surface area (TPSA) is 45.0 Å². The molecule has 0 radical (unpaired) electrons. The van der Waals surface area contributed by atoms with Crippen LogP contribution in [0.15, 0.2) is 0 Å². The van der Waals surface area contributed by atoms with Gasteiger partial charge < -0.3 is 10.1 Å². The van der Waals surface area contributed by atoms with Crippen LogP contribution in [0.25, 0.3) is 0 Å². The van der Waals surface area contributed by atoms with Gasteiger partial charge in [0.05, 0.1) is 12.2 Å². The van der Waals surface area contributed by atoms with Gasteiger partial charge in [-0.1, -0.05) is 0 Å². The monoisotopic (exact) mass is 152 g/mol. The molecule has 60 valence electrons. The summed E-state index contributed by atoms with van der Waals surface area (Å²) in [5.41, 5.74) is 0. The van der Waals surface area contributed by atoms with Crippen molar-refractivity contribution in [3.8, 4) is 6.07 Å². The minimum absolute atomic E-state index is 0.214. The normalized spacial score (nSPS) is 38.1. The maximum Gasteiger partial charge on any atom is 0.156 e. The molecule has 3 nitrogen and oxygen atoms in total. The van der Waals surface area contributed by atoms with Gasteiger partial charge in [0, 0.05) is 13.1 Å². The standard InChI is InChI=1S/C8H12N2O/c9-3-7-4-10-5-8(11-7)6-1-2-6/h6-8,10H,1-2,4-5H2. The number of hydrogen-bond acceptors (Lipinski definition) is 3. The van der Waals surface area contributed by atoms with E-state index in [-0.39, 0.29) is 6.10 Å². The summed E-state index contributed by atoms with van der Waals surface area (Å²) in [6.45, 7) is 1.63. The average Bonchev–Trinajstić information content (AvgIpc) is 2.87. The minimum atomic E-state index is -0.214. The van der Waals surface area contributed by atoms with Gasteiger partial charge in [0.25, 0.3) is 0 Å². The molecule has 2 fully saturated rings. The molecule has 2 rings (SSSR count). The zero-order chi connectivity index (χ0) is 7.68. The number of nitriles is 1. The zero-order valence-corrected chi connectivity index (χ0v) is 6.42. The molecule has 2 atom stereocenters. The van der Waals surface area contributed by atoms with Crippen LogP contribution in [0, 0.1) is 17.2 Å². The van der Waals surface area contributed by atoms with Crippen molar-refractivity contribution in [1.29, 1.82) is 5.26 Å². The van der Waals surface area contributed by atoms with Gasteiger partial charge in [-0.25, -0.2) is 0 Å². The van der Waals surface area contributed by atoms with Gasteiger partial charge in [-0.15, -0.1) is 0 Å². The summed E-state index contributed by atoms with van der Waals surface area (Å²) in [6.07, 6.45) is 2.66. The second-order valence-electron chi connectivity index (χ2n) is 3.29. The van der Waals surface area contributed by atoms with Gasteiger partial charge in [-0.05, 0) is 18.8 Å². The Hall–Kier alpha value is -0.590. The SMILES string of the molecule is N#CC1CNCC(C2CC2)O1. The van der Waals surface area contributed by atoms with Crippen molar-refractivity contribution < 1.29 is 4.74 Å². The molecule has 0 spiro atoms. The molecule has 1 aliphatic carbocycles. The fourth-order valence-electron chi connectivity index (χ4n) is 1.49. The number of hydrogen-bond donors (Lipinski definition) is 1. The molecule has 1 saturated carbocycles. The number of morpholine rings is 1. The van der Waals surface area contributed by atoms with Crippen molar-refractivity contribution in [3.63, 3.8) is 0 Å². The maximum atomic E-state index is 8.60. The lowest BCUT2D eigenvalue weighted by atomic mass is 10.2. The van der Waals surface area contributed by atoms with Crippen molar-refractivity contribution in [3.05, 3.63) is 0 Å². The summed E-state index contributed by atoms with van der Waals surface area (Å²) in [5.74, 6) is 0.735. The average molecular weight is 152 g/mol. The van der Waals surface area contributed by atoms with Crippen LogP contribution < -0.4 is 5.32 Å². The van der Waals surface area contributed by atoms with Crippen LogP contribution in [-0.4, -0.2) is 25.3 Å². The van der Waals surface area contributed by atoms with E-state index in [1.54, 1.807) is 0 Å². The Morgan fingerprint density at radius 3 is 2.82 bits per heavy atom. The molecule has 2 aliphatic rings. The lowest BCUT2D eigenvalue weighted by Crippen LogP contribution is -2.44. The molecule has 11 heavy (non-hydrogen) atoms. The Balaban J connectivity index is 1.88. The van der Waals surface area contributed by atoms with Gasteiger partial charge in [0.1, 0.15) is 0 Å². The van der Waals surface area contributed by atoms with E-state index >= 15 is 0 Å². The smallest absolute Gasteiger partial charge is 0.156 e.